The van der Waals surface area contributed by atoms with Gasteiger partial charge in [-0.2, -0.15) is 0 Å². The standard InChI is InChI=1S/C16H32N4.HI/c1-4-17-16(19-15-11-7-8-12-15)18-13-9-10-14-20(5-2)6-3;/h7-8,15H,4-6,9-14H2,1-3H3,(H2,17,18,19);1H. The topological polar surface area (TPSA) is 39.7 Å². The molecule has 1 rings (SSSR count). The summed E-state index contributed by atoms with van der Waals surface area (Å²) in [6, 6.07) is 0.531. The van der Waals surface area contributed by atoms with Gasteiger partial charge in [0.05, 0.1) is 0 Å². The maximum absolute atomic E-state index is 4.67. The van der Waals surface area contributed by atoms with Gasteiger partial charge in [0.2, 0.25) is 0 Å². The Hall–Kier alpha value is -0.300. The molecule has 4 nitrogen and oxygen atoms in total. The van der Waals surface area contributed by atoms with E-state index in [1.807, 2.05) is 0 Å². The zero-order chi connectivity index (χ0) is 14.6. The molecule has 0 aliphatic heterocycles. The van der Waals surface area contributed by atoms with Crippen LogP contribution in [0, 0.1) is 0 Å². The number of guanidine groups is 1. The van der Waals surface area contributed by atoms with Crippen LogP contribution >= 0.6 is 24.0 Å². The SMILES string of the molecule is CCNC(=NCCCCN(CC)CC)NC1CC=CC1.I. The molecule has 0 fully saturated rings. The van der Waals surface area contributed by atoms with Crippen LogP contribution in [0.2, 0.25) is 0 Å². The number of halogens is 1. The Kier molecular flexibility index (Phi) is 13.2. The molecule has 0 heterocycles. The van der Waals surface area contributed by atoms with Crippen molar-refractivity contribution in [3.05, 3.63) is 12.2 Å². The lowest BCUT2D eigenvalue weighted by Crippen LogP contribution is -2.42. The minimum Gasteiger partial charge on any atom is -0.357 e. The first-order valence-electron chi connectivity index (χ1n) is 8.22. The van der Waals surface area contributed by atoms with Gasteiger partial charge in [0.25, 0.3) is 0 Å². The van der Waals surface area contributed by atoms with Crippen molar-refractivity contribution in [2.24, 2.45) is 4.99 Å². The van der Waals surface area contributed by atoms with Crippen molar-refractivity contribution in [1.29, 1.82) is 0 Å². The Morgan fingerprint density at radius 2 is 1.81 bits per heavy atom. The predicted molar refractivity (Wildman–Crippen MR) is 104 cm³/mol. The van der Waals surface area contributed by atoms with Crippen LogP contribution in [0.3, 0.4) is 0 Å². The van der Waals surface area contributed by atoms with Crippen molar-refractivity contribution in [2.75, 3.05) is 32.7 Å². The summed E-state index contributed by atoms with van der Waals surface area (Å²) < 4.78 is 0. The lowest BCUT2D eigenvalue weighted by molar-refractivity contribution is 0.297. The van der Waals surface area contributed by atoms with Crippen LogP contribution in [0.25, 0.3) is 0 Å². The fraction of sp³-hybridized carbons (Fsp3) is 0.812. The van der Waals surface area contributed by atoms with Gasteiger partial charge in [0, 0.05) is 19.1 Å². The van der Waals surface area contributed by atoms with Crippen LogP contribution in [0.5, 0.6) is 0 Å². The molecule has 1 aliphatic rings. The van der Waals surface area contributed by atoms with E-state index in [1.54, 1.807) is 0 Å². The van der Waals surface area contributed by atoms with Crippen molar-refractivity contribution in [1.82, 2.24) is 15.5 Å². The number of rotatable bonds is 9. The molecule has 0 aromatic heterocycles. The van der Waals surface area contributed by atoms with E-state index in [1.165, 1.54) is 13.0 Å². The third-order valence-corrected chi connectivity index (χ3v) is 3.74. The van der Waals surface area contributed by atoms with E-state index in [0.717, 1.165) is 51.4 Å². The van der Waals surface area contributed by atoms with Gasteiger partial charge < -0.3 is 15.5 Å². The highest BCUT2D eigenvalue weighted by Crippen LogP contribution is 2.08. The summed E-state index contributed by atoms with van der Waals surface area (Å²) in [7, 11) is 0. The first kappa shape index (κ1) is 20.7. The Morgan fingerprint density at radius 1 is 1.14 bits per heavy atom. The average molecular weight is 408 g/mol. The molecule has 0 amide bonds. The number of hydrogen-bond acceptors (Lipinski definition) is 2. The second-order valence-corrected chi connectivity index (χ2v) is 5.28. The van der Waals surface area contributed by atoms with Gasteiger partial charge in [-0.25, -0.2) is 0 Å². The van der Waals surface area contributed by atoms with Crippen molar-refractivity contribution in [2.45, 2.75) is 52.5 Å². The van der Waals surface area contributed by atoms with Gasteiger partial charge in [-0.05, 0) is 52.2 Å². The summed E-state index contributed by atoms with van der Waals surface area (Å²) in [6.45, 7) is 11.9. The summed E-state index contributed by atoms with van der Waals surface area (Å²) in [5, 5.41) is 6.84. The van der Waals surface area contributed by atoms with E-state index in [9.17, 15) is 0 Å². The molecular formula is C16H33IN4. The fourth-order valence-corrected chi connectivity index (χ4v) is 2.43. The number of hydrogen-bond donors (Lipinski definition) is 2. The largest absolute Gasteiger partial charge is 0.357 e. The van der Waals surface area contributed by atoms with E-state index in [4.69, 9.17) is 0 Å². The molecule has 5 heteroatoms. The number of nitrogens with one attached hydrogen (secondary N) is 2. The second-order valence-electron chi connectivity index (χ2n) is 5.28. The molecule has 0 bridgehead atoms. The molecule has 0 atom stereocenters. The Labute approximate surface area is 147 Å². The monoisotopic (exact) mass is 408 g/mol. The van der Waals surface area contributed by atoms with Crippen molar-refractivity contribution < 1.29 is 0 Å². The van der Waals surface area contributed by atoms with Crippen LogP contribution in [-0.2, 0) is 0 Å². The number of aliphatic imine (C=N–C) groups is 1. The predicted octanol–water partition coefficient (Wildman–Crippen LogP) is 3.00. The van der Waals surface area contributed by atoms with Gasteiger partial charge >= 0.3 is 0 Å². The summed E-state index contributed by atoms with van der Waals surface area (Å²) in [5.41, 5.74) is 0. The van der Waals surface area contributed by atoms with E-state index >= 15 is 0 Å². The fourth-order valence-electron chi connectivity index (χ4n) is 2.43. The molecule has 124 valence electrons. The number of nitrogens with zero attached hydrogens (tertiary/aromatic N) is 2. The lowest BCUT2D eigenvalue weighted by Gasteiger charge is -2.18. The van der Waals surface area contributed by atoms with E-state index in [2.05, 4.69) is 53.4 Å². The normalized spacial score (nSPS) is 15.3. The van der Waals surface area contributed by atoms with Crippen LogP contribution < -0.4 is 10.6 Å². The molecule has 0 radical (unpaired) electrons. The molecule has 21 heavy (non-hydrogen) atoms. The van der Waals surface area contributed by atoms with Crippen LogP contribution in [0.15, 0.2) is 17.1 Å². The minimum absolute atomic E-state index is 0. The van der Waals surface area contributed by atoms with Gasteiger partial charge in [-0.15, -0.1) is 24.0 Å². The molecule has 0 unspecified atom stereocenters. The molecule has 0 saturated heterocycles. The van der Waals surface area contributed by atoms with Crippen LogP contribution in [0.4, 0.5) is 0 Å². The summed E-state index contributed by atoms with van der Waals surface area (Å²) in [5.74, 6) is 0.976. The Morgan fingerprint density at radius 3 is 2.38 bits per heavy atom. The van der Waals surface area contributed by atoms with E-state index in [-0.39, 0.29) is 24.0 Å². The third kappa shape index (κ3) is 9.34. The van der Waals surface area contributed by atoms with Crippen molar-refractivity contribution in [3.8, 4) is 0 Å². The highest BCUT2D eigenvalue weighted by molar-refractivity contribution is 14.0. The van der Waals surface area contributed by atoms with Gasteiger partial charge in [-0.1, -0.05) is 26.0 Å². The average Bonchev–Trinajstić information content (AvgIpc) is 2.96. The zero-order valence-electron chi connectivity index (χ0n) is 13.9. The van der Waals surface area contributed by atoms with Crippen molar-refractivity contribution in [3.63, 3.8) is 0 Å². The summed E-state index contributed by atoms with van der Waals surface area (Å²) in [4.78, 5) is 7.14. The maximum atomic E-state index is 4.67. The highest BCUT2D eigenvalue weighted by Gasteiger charge is 2.11. The second kappa shape index (κ2) is 13.4. The van der Waals surface area contributed by atoms with Gasteiger partial charge in [0.15, 0.2) is 5.96 Å². The Balaban J connectivity index is 0.00000400. The van der Waals surface area contributed by atoms with Gasteiger partial charge in [-0.3, -0.25) is 4.99 Å². The van der Waals surface area contributed by atoms with E-state index in [0.29, 0.717) is 6.04 Å². The molecule has 0 saturated carbocycles. The quantitative estimate of drug-likeness (QED) is 0.203. The molecule has 1 aliphatic carbocycles. The molecule has 0 aromatic rings. The summed E-state index contributed by atoms with van der Waals surface area (Å²) >= 11 is 0. The molecule has 0 spiro atoms. The lowest BCUT2D eigenvalue weighted by atomic mass is 10.2. The van der Waals surface area contributed by atoms with Crippen LogP contribution in [0.1, 0.15) is 46.5 Å². The third-order valence-electron chi connectivity index (χ3n) is 3.74. The smallest absolute Gasteiger partial charge is 0.191 e. The molecular weight excluding hydrogens is 375 g/mol. The minimum atomic E-state index is 0. The maximum Gasteiger partial charge on any atom is 0.191 e. The molecule has 0 aromatic carbocycles. The highest BCUT2D eigenvalue weighted by atomic mass is 127. The number of unbranched alkanes of at least 4 members (excludes halogenated alkanes) is 1. The van der Waals surface area contributed by atoms with E-state index < -0.39 is 0 Å². The first-order chi connectivity index (χ1) is 9.80. The van der Waals surface area contributed by atoms with Gasteiger partial charge in [0.1, 0.15) is 0 Å². The molecule has 2 N–H and O–H groups in total. The summed E-state index contributed by atoms with van der Waals surface area (Å²) in [6.07, 6.45) is 9.11. The zero-order valence-corrected chi connectivity index (χ0v) is 16.2. The Bertz CT molecular complexity index is 293. The van der Waals surface area contributed by atoms with Crippen LogP contribution in [-0.4, -0.2) is 49.6 Å². The van der Waals surface area contributed by atoms with Crippen molar-refractivity contribution >= 4 is 29.9 Å². The first-order valence-corrected chi connectivity index (χ1v) is 8.22.